The third-order valence-electron chi connectivity index (χ3n) is 12.1. The molecule has 2 aromatic heterocycles. The van der Waals surface area contributed by atoms with Gasteiger partial charge in [0.25, 0.3) is 17.7 Å². The predicted molar refractivity (Wildman–Crippen MR) is 269 cm³/mol. The van der Waals surface area contributed by atoms with E-state index in [0.717, 1.165) is 39.3 Å². The fraction of sp³-hybridized carbons (Fsp3) is 0.431. The minimum Gasteiger partial charge on any atom is -0.494 e. The van der Waals surface area contributed by atoms with Crippen molar-refractivity contribution in [3.05, 3.63) is 98.5 Å². The number of aliphatic imine (C=N–C) groups is 1. The maximum atomic E-state index is 14.2. The number of aromatic hydroxyl groups is 1. The normalized spacial score (nSPS) is 14.5. The fourth-order valence-corrected chi connectivity index (χ4v) is 8.31. The molecule has 0 aliphatic carbocycles. The number of amides is 3. The van der Waals surface area contributed by atoms with Crippen LogP contribution in [0.2, 0.25) is 0 Å². The number of halogens is 2. The van der Waals surface area contributed by atoms with E-state index in [1.807, 2.05) is 6.92 Å². The number of rotatable bonds is 19. The van der Waals surface area contributed by atoms with Gasteiger partial charge in [0, 0.05) is 54.1 Å². The van der Waals surface area contributed by atoms with Crippen LogP contribution in [0.25, 0.3) is 28.6 Å². The number of likely N-dealkylation sites (N-methyl/N-ethyl adjacent to an activating group) is 3. The molecule has 3 amide bonds. The zero-order chi connectivity index (χ0) is 50.0. The minimum atomic E-state index is -0.489. The molecule has 0 saturated heterocycles. The Morgan fingerprint density at radius 2 is 1.46 bits per heavy atom. The highest BCUT2D eigenvalue weighted by atomic mass is 19.1. The first-order valence-electron chi connectivity index (χ1n) is 22.8. The van der Waals surface area contributed by atoms with Gasteiger partial charge < -0.3 is 40.4 Å². The van der Waals surface area contributed by atoms with Crippen molar-refractivity contribution in [1.29, 1.82) is 0 Å². The van der Waals surface area contributed by atoms with E-state index in [-0.39, 0.29) is 44.0 Å². The van der Waals surface area contributed by atoms with E-state index in [1.165, 1.54) is 45.9 Å². The molecular formula is C51H69F2N9O7. The second-order valence-electron chi connectivity index (χ2n) is 16.8. The van der Waals surface area contributed by atoms with Crippen molar-refractivity contribution in [2.45, 2.75) is 69.5 Å². The van der Waals surface area contributed by atoms with Crippen LogP contribution in [-0.4, -0.2) is 144 Å². The number of carbonyl (C=O) groups excluding carboxylic acids is 4. The lowest BCUT2D eigenvalue weighted by Gasteiger charge is -2.18. The van der Waals surface area contributed by atoms with Crippen LogP contribution in [-0.2, 0) is 25.9 Å². The second kappa shape index (κ2) is 24.7. The summed E-state index contributed by atoms with van der Waals surface area (Å²) < 4.78 is 34.6. The number of aryl methyl sites for hydroxylation is 1. The summed E-state index contributed by atoms with van der Waals surface area (Å²) in [5, 5.41) is 26.6. The van der Waals surface area contributed by atoms with Crippen molar-refractivity contribution in [3.63, 3.8) is 0 Å². The standard InChI is InChI=1S/C27H36FN5O4.C23H29FN4O3.CH4/c1-7-32(8-2)12-11-29-26(35)25-17(3)22(30-18(25)4)14-21-20-13-19(28)9-10-23(20)33(27(21)36)16-37-24(34)15-31(5)6;1-5-27(6-2)10-9-25-22(30)21-14(3)19(26-15(21)4)12-18-17-11-16(24)7-8-20(17)28(13-29)23(18)31;/h9-10,13-14,30H,7-8,11-12,15-16H2,1-6H3,(H,29,35);7-8,11-12,29,31H,5-6,9-10,13H2,1-4H3,(H,25,30);1H4/b21-14-;;. The molecule has 2 aliphatic rings. The highest BCUT2D eigenvalue weighted by Gasteiger charge is 2.34. The van der Waals surface area contributed by atoms with Gasteiger partial charge in [-0.2, -0.15) is 0 Å². The van der Waals surface area contributed by atoms with Gasteiger partial charge in [-0.05, 0) is 128 Å². The Morgan fingerprint density at radius 1 is 0.870 bits per heavy atom. The summed E-state index contributed by atoms with van der Waals surface area (Å²) in [6, 6.07) is 8.11. The molecule has 2 aromatic carbocycles. The molecule has 0 radical (unpaired) electrons. The Morgan fingerprint density at radius 3 is 2.06 bits per heavy atom. The number of allylic oxidation sites excluding steroid dienone is 1. The van der Waals surface area contributed by atoms with Crippen molar-refractivity contribution < 1.29 is 42.9 Å². The summed E-state index contributed by atoms with van der Waals surface area (Å²) in [6.45, 7) is 21.1. The Bertz CT molecular complexity index is 2650. The van der Waals surface area contributed by atoms with Gasteiger partial charge in [-0.25, -0.2) is 8.78 Å². The lowest BCUT2D eigenvalue weighted by Crippen LogP contribution is -2.36. The summed E-state index contributed by atoms with van der Waals surface area (Å²) >= 11 is 0. The van der Waals surface area contributed by atoms with Crippen LogP contribution >= 0.6 is 0 Å². The summed E-state index contributed by atoms with van der Waals surface area (Å²) in [5.41, 5.74) is 6.68. The second-order valence-corrected chi connectivity index (χ2v) is 16.8. The molecule has 69 heavy (non-hydrogen) atoms. The zero-order valence-corrected chi connectivity index (χ0v) is 40.8. The molecule has 16 nitrogen and oxygen atoms in total. The molecular weight excluding hydrogens is 889 g/mol. The lowest BCUT2D eigenvalue weighted by molar-refractivity contribution is -0.144. The average Bonchev–Trinajstić information content (AvgIpc) is 3.93. The Kier molecular flexibility index (Phi) is 19.7. The highest BCUT2D eigenvalue weighted by molar-refractivity contribution is 6.35. The van der Waals surface area contributed by atoms with Gasteiger partial charge in [-0.3, -0.25) is 38.5 Å². The molecule has 0 bridgehead atoms. The molecule has 4 aromatic rings. The summed E-state index contributed by atoms with van der Waals surface area (Å²) in [6.07, 6.45) is 3.25. The molecule has 0 spiro atoms. The number of hydrogen-bond donors (Lipinski definition) is 5. The third kappa shape index (κ3) is 12.8. The van der Waals surface area contributed by atoms with Crippen molar-refractivity contribution in [3.8, 4) is 5.88 Å². The number of aromatic nitrogens is 2. The maximum absolute atomic E-state index is 14.2. The number of aliphatic hydroxyl groups excluding tert-OH is 1. The number of H-pyrrole nitrogens is 1. The minimum absolute atomic E-state index is 0. The number of benzene rings is 2. The smallest absolute Gasteiger partial charge is 0.321 e. The molecule has 374 valence electrons. The van der Waals surface area contributed by atoms with E-state index in [1.54, 1.807) is 51.9 Å². The molecule has 0 saturated carbocycles. The van der Waals surface area contributed by atoms with Gasteiger partial charge in [-0.15, -0.1) is 0 Å². The lowest BCUT2D eigenvalue weighted by atomic mass is 10.0. The van der Waals surface area contributed by atoms with Crippen LogP contribution in [0.4, 0.5) is 14.5 Å². The molecule has 0 atom stereocenters. The van der Waals surface area contributed by atoms with Gasteiger partial charge in [-0.1, -0.05) is 35.1 Å². The molecule has 0 unspecified atom stereocenters. The zero-order valence-electron chi connectivity index (χ0n) is 40.8. The number of aromatic amines is 1. The van der Waals surface area contributed by atoms with Crippen LogP contribution in [0.15, 0.2) is 58.2 Å². The number of hydrogen-bond acceptors (Lipinski definition) is 11. The van der Waals surface area contributed by atoms with Gasteiger partial charge in [0.2, 0.25) is 5.88 Å². The number of anilines is 1. The van der Waals surface area contributed by atoms with Crippen LogP contribution in [0.1, 0.15) is 87.4 Å². The number of fused-ring (bicyclic) bond motifs is 2. The van der Waals surface area contributed by atoms with Crippen molar-refractivity contribution in [1.82, 2.24) is 34.9 Å². The van der Waals surface area contributed by atoms with Crippen LogP contribution in [0.3, 0.4) is 0 Å². The molecule has 4 heterocycles. The Hall–Kier alpha value is -6.47. The summed E-state index contributed by atoms with van der Waals surface area (Å²) in [5.74, 6) is -2.41. The summed E-state index contributed by atoms with van der Waals surface area (Å²) in [4.78, 5) is 66.2. The monoisotopic (exact) mass is 958 g/mol. The number of ether oxygens (including phenoxy) is 1. The number of aliphatic hydroxyl groups is 1. The Balaban J connectivity index is 0.000000301. The number of nitrogens with zero attached hydrogens (tertiary/aromatic N) is 6. The van der Waals surface area contributed by atoms with E-state index in [2.05, 4.69) is 58.1 Å². The molecule has 6 rings (SSSR count). The third-order valence-corrected chi connectivity index (χ3v) is 12.1. The first-order chi connectivity index (χ1) is 32.4. The Labute approximate surface area is 404 Å². The van der Waals surface area contributed by atoms with Gasteiger partial charge in [0.15, 0.2) is 6.73 Å². The topological polar surface area (TPSA) is 188 Å². The number of nitrogens with one attached hydrogen (secondary N) is 3. The number of carbonyl (C=O) groups is 4. The average molecular weight is 958 g/mol. The molecule has 0 fully saturated rings. The van der Waals surface area contributed by atoms with E-state index in [9.17, 15) is 38.2 Å². The van der Waals surface area contributed by atoms with Crippen LogP contribution < -0.4 is 15.5 Å². The van der Waals surface area contributed by atoms with Crippen molar-refractivity contribution in [2.75, 3.05) is 84.6 Å². The van der Waals surface area contributed by atoms with Crippen molar-refractivity contribution >= 4 is 63.7 Å². The van der Waals surface area contributed by atoms with Gasteiger partial charge in [0.1, 0.15) is 18.4 Å². The molecule has 2 aliphatic heterocycles. The van der Waals surface area contributed by atoms with Gasteiger partial charge in [0.05, 0.1) is 45.9 Å². The van der Waals surface area contributed by atoms with E-state index >= 15 is 0 Å². The maximum Gasteiger partial charge on any atom is 0.321 e. The first kappa shape index (κ1) is 55.1. The van der Waals surface area contributed by atoms with E-state index in [4.69, 9.17) is 4.74 Å². The number of esters is 1. The predicted octanol–water partition coefficient (Wildman–Crippen LogP) is 6.45. The van der Waals surface area contributed by atoms with Crippen LogP contribution in [0, 0.1) is 25.5 Å². The van der Waals surface area contributed by atoms with Crippen molar-refractivity contribution in [2.24, 2.45) is 4.99 Å². The largest absolute Gasteiger partial charge is 0.494 e. The summed E-state index contributed by atoms with van der Waals surface area (Å²) in [7, 11) is 3.48. The molecule has 18 heteroatoms. The quantitative estimate of drug-likeness (QED) is 0.0516. The fourth-order valence-electron chi connectivity index (χ4n) is 8.31. The van der Waals surface area contributed by atoms with E-state index < -0.39 is 30.2 Å². The first-order valence-corrected chi connectivity index (χ1v) is 22.8. The van der Waals surface area contributed by atoms with Gasteiger partial charge >= 0.3 is 5.97 Å². The van der Waals surface area contributed by atoms with E-state index in [0.29, 0.717) is 85.9 Å². The SMILES string of the molecule is C.CCN(CC)CCNC(=O)C1=C(C)C(=Cc2c(O)n(CO)c3ccc(F)cc23)N=C1C.CCN(CC)CCNC(=O)c1c(C)[nH]c(/C=C2\C(=O)N(COC(=O)CN(C)C)c3ccc(F)cc32)c1C. The van der Waals surface area contributed by atoms with Crippen LogP contribution in [0.5, 0.6) is 5.88 Å². The highest BCUT2D eigenvalue weighted by Crippen LogP contribution is 2.39. The molecule has 5 N–H and O–H groups in total.